The van der Waals surface area contributed by atoms with Crippen LogP contribution in [0.1, 0.15) is 12.0 Å². The molecule has 0 unspecified atom stereocenters. The van der Waals surface area contributed by atoms with E-state index in [4.69, 9.17) is 5.73 Å². The number of carbonyl (C=O) groups is 1. The molecule has 32 heavy (non-hydrogen) atoms. The van der Waals surface area contributed by atoms with Gasteiger partial charge in [0.2, 0.25) is 5.91 Å². The number of halogens is 1. The van der Waals surface area contributed by atoms with Gasteiger partial charge in [0.1, 0.15) is 17.8 Å². The number of aromatic nitrogens is 4. The summed E-state index contributed by atoms with van der Waals surface area (Å²) in [6.07, 6.45) is 3.93. The molecule has 4 N–H and O–H groups in total. The molecule has 2 atom stereocenters. The third-order valence-electron chi connectivity index (χ3n) is 5.53. The van der Waals surface area contributed by atoms with Crippen LogP contribution in [0.4, 0.5) is 16.0 Å². The highest BCUT2D eigenvalue weighted by Gasteiger charge is 2.43. The Bertz CT molecular complexity index is 1430. The van der Waals surface area contributed by atoms with Crippen LogP contribution in [0.15, 0.2) is 53.7 Å². The number of nitrogen functional groups attached to an aromatic ring is 1. The number of nitrogens with zero attached hydrogens (tertiary/aromatic N) is 3. The Morgan fingerprint density at radius 1 is 1.19 bits per heavy atom. The van der Waals surface area contributed by atoms with Crippen LogP contribution in [0.3, 0.4) is 0 Å². The molecule has 0 aliphatic heterocycles. The van der Waals surface area contributed by atoms with Crippen LogP contribution < -0.4 is 16.6 Å². The van der Waals surface area contributed by atoms with Crippen molar-refractivity contribution in [3.8, 4) is 22.5 Å². The number of hydrogen-bond acceptors (Lipinski definition) is 6. The number of amides is 1. The molecule has 1 aliphatic rings. The Hall–Kier alpha value is -4.14. The Morgan fingerprint density at radius 2 is 2.00 bits per heavy atom. The maximum absolute atomic E-state index is 13.1. The predicted molar refractivity (Wildman–Crippen MR) is 120 cm³/mol. The number of anilines is 2. The molecule has 1 amide bonds. The van der Waals surface area contributed by atoms with Crippen molar-refractivity contribution in [3.63, 3.8) is 0 Å². The Labute approximate surface area is 181 Å². The maximum atomic E-state index is 13.1. The van der Waals surface area contributed by atoms with Gasteiger partial charge in [-0.05, 0) is 54.6 Å². The first kappa shape index (κ1) is 19.8. The van der Waals surface area contributed by atoms with E-state index in [-0.39, 0.29) is 23.7 Å². The lowest BCUT2D eigenvalue weighted by Crippen LogP contribution is -2.15. The van der Waals surface area contributed by atoms with Crippen LogP contribution >= 0.6 is 0 Å². The van der Waals surface area contributed by atoms with E-state index in [0.29, 0.717) is 28.2 Å². The summed E-state index contributed by atoms with van der Waals surface area (Å²) in [7, 11) is 0. The topological polar surface area (TPSA) is 127 Å². The molecular formula is C23H19FN6O2. The van der Waals surface area contributed by atoms with E-state index in [1.54, 1.807) is 30.6 Å². The first-order valence-corrected chi connectivity index (χ1v) is 10.1. The van der Waals surface area contributed by atoms with Gasteiger partial charge in [-0.25, -0.2) is 14.4 Å². The molecule has 160 valence electrons. The number of nitrogens with two attached hydrogens (primary N) is 1. The molecule has 1 fully saturated rings. The van der Waals surface area contributed by atoms with E-state index in [1.165, 1.54) is 6.20 Å². The number of rotatable bonds is 4. The molecule has 0 bridgehead atoms. The molecule has 1 saturated carbocycles. The normalized spacial score (nSPS) is 17.3. The lowest BCUT2D eigenvalue weighted by Gasteiger charge is -2.11. The standard InChI is InChI=1S/C23H19FN6O2/c1-11-5-18(13-3-2-4-26-22(13)31)27-9-15(11)19-6-12-7-20(28-10-16(12)21(25)29-19)30-23(32)14-8-17(14)24/h2-7,9-10,14,17H,8H2,1H3,(H2,25,29)(H,26,31)(H,28,30,32)/t14-,17+/m1/s1. The number of carbonyl (C=O) groups excluding carboxylic acids is 1. The minimum Gasteiger partial charge on any atom is -0.383 e. The lowest BCUT2D eigenvalue weighted by molar-refractivity contribution is -0.117. The molecule has 4 aromatic heterocycles. The van der Waals surface area contributed by atoms with Gasteiger partial charge in [-0.1, -0.05) is 0 Å². The fourth-order valence-corrected chi connectivity index (χ4v) is 3.63. The Balaban J connectivity index is 1.51. The zero-order valence-electron chi connectivity index (χ0n) is 17.1. The number of alkyl halides is 1. The van der Waals surface area contributed by atoms with E-state index in [1.807, 2.05) is 19.1 Å². The van der Waals surface area contributed by atoms with Crippen LogP contribution in [0.2, 0.25) is 0 Å². The smallest absolute Gasteiger partial charge is 0.257 e. The van der Waals surface area contributed by atoms with Crippen molar-refractivity contribution in [1.29, 1.82) is 0 Å². The van der Waals surface area contributed by atoms with Gasteiger partial charge in [0.15, 0.2) is 0 Å². The fourth-order valence-electron chi connectivity index (χ4n) is 3.63. The minimum atomic E-state index is -1.08. The monoisotopic (exact) mass is 430 g/mol. The second-order valence-corrected chi connectivity index (χ2v) is 7.83. The third kappa shape index (κ3) is 3.58. The van der Waals surface area contributed by atoms with Crippen LogP contribution in [-0.4, -0.2) is 32.0 Å². The minimum absolute atomic E-state index is 0.215. The molecule has 0 aromatic carbocycles. The number of nitrogens with one attached hydrogen (secondary N) is 2. The molecule has 0 radical (unpaired) electrons. The van der Waals surface area contributed by atoms with Gasteiger partial charge in [-0.3, -0.25) is 14.6 Å². The summed E-state index contributed by atoms with van der Waals surface area (Å²) >= 11 is 0. The van der Waals surface area contributed by atoms with Crippen molar-refractivity contribution in [1.82, 2.24) is 19.9 Å². The van der Waals surface area contributed by atoms with Crippen LogP contribution in [-0.2, 0) is 4.79 Å². The number of aryl methyl sites for hydroxylation is 1. The van der Waals surface area contributed by atoms with Crippen LogP contribution in [0.5, 0.6) is 0 Å². The number of aromatic amines is 1. The number of hydrogen-bond donors (Lipinski definition) is 3. The van der Waals surface area contributed by atoms with Crippen molar-refractivity contribution in [2.45, 2.75) is 19.5 Å². The summed E-state index contributed by atoms with van der Waals surface area (Å²) in [5, 5.41) is 4.02. The quantitative estimate of drug-likeness (QED) is 0.456. The van der Waals surface area contributed by atoms with E-state index in [9.17, 15) is 14.0 Å². The molecule has 9 heteroatoms. The lowest BCUT2D eigenvalue weighted by atomic mass is 10.0. The highest BCUT2D eigenvalue weighted by molar-refractivity contribution is 5.98. The van der Waals surface area contributed by atoms with Gasteiger partial charge < -0.3 is 16.0 Å². The SMILES string of the molecule is Cc1cc(-c2ccc[nH]c2=O)ncc1-c1cc2cc(NC(=O)[C@@H]3C[C@@H]3F)ncc2c(N)n1. The Kier molecular flexibility index (Phi) is 4.66. The summed E-state index contributed by atoms with van der Waals surface area (Å²) in [6.45, 7) is 1.90. The summed E-state index contributed by atoms with van der Waals surface area (Å²) in [5.41, 5.74) is 9.21. The van der Waals surface area contributed by atoms with Gasteiger partial charge in [-0.2, -0.15) is 0 Å². The highest BCUT2D eigenvalue weighted by atomic mass is 19.1. The second-order valence-electron chi connectivity index (χ2n) is 7.83. The number of pyridine rings is 4. The summed E-state index contributed by atoms with van der Waals surface area (Å²) < 4.78 is 13.1. The fraction of sp³-hybridized carbons (Fsp3) is 0.174. The van der Waals surface area contributed by atoms with Crippen molar-refractivity contribution in [2.75, 3.05) is 11.1 Å². The molecular weight excluding hydrogens is 411 g/mol. The Morgan fingerprint density at radius 3 is 2.72 bits per heavy atom. The summed E-state index contributed by atoms with van der Waals surface area (Å²) in [4.78, 5) is 39.9. The van der Waals surface area contributed by atoms with Crippen molar-refractivity contribution < 1.29 is 9.18 Å². The van der Waals surface area contributed by atoms with Gasteiger partial charge in [0.05, 0.1) is 22.9 Å². The third-order valence-corrected chi connectivity index (χ3v) is 5.53. The number of H-pyrrole nitrogens is 1. The first-order chi connectivity index (χ1) is 15.4. The first-order valence-electron chi connectivity index (χ1n) is 10.1. The van der Waals surface area contributed by atoms with Crippen LogP contribution in [0, 0.1) is 12.8 Å². The molecule has 1 aliphatic carbocycles. The molecule has 5 rings (SSSR count). The molecule has 8 nitrogen and oxygen atoms in total. The van der Waals surface area contributed by atoms with Crippen molar-refractivity contribution in [3.05, 3.63) is 64.8 Å². The molecule has 4 heterocycles. The van der Waals surface area contributed by atoms with Crippen molar-refractivity contribution >= 4 is 28.3 Å². The van der Waals surface area contributed by atoms with E-state index >= 15 is 0 Å². The zero-order valence-corrected chi connectivity index (χ0v) is 17.1. The second kappa shape index (κ2) is 7.52. The highest BCUT2D eigenvalue weighted by Crippen LogP contribution is 2.35. The van der Waals surface area contributed by atoms with Gasteiger partial charge in [0, 0.05) is 29.5 Å². The van der Waals surface area contributed by atoms with E-state index < -0.39 is 12.1 Å². The molecule has 0 spiro atoms. The van der Waals surface area contributed by atoms with E-state index in [2.05, 4.69) is 25.3 Å². The average Bonchev–Trinajstić information content (AvgIpc) is 3.50. The number of fused-ring (bicyclic) bond motifs is 1. The molecule has 0 saturated heterocycles. The summed E-state index contributed by atoms with van der Waals surface area (Å²) in [6, 6.07) is 8.79. The molecule has 4 aromatic rings. The average molecular weight is 430 g/mol. The summed E-state index contributed by atoms with van der Waals surface area (Å²) in [5.74, 6) is -0.365. The van der Waals surface area contributed by atoms with Crippen molar-refractivity contribution in [2.24, 2.45) is 5.92 Å². The zero-order chi connectivity index (χ0) is 22.4. The van der Waals surface area contributed by atoms with Crippen LogP contribution in [0.25, 0.3) is 33.3 Å². The van der Waals surface area contributed by atoms with Gasteiger partial charge >= 0.3 is 0 Å². The van der Waals surface area contributed by atoms with E-state index in [0.717, 1.165) is 16.5 Å². The maximum Gasteiger partial charge on any atom is 0.257 e. The largest absolute Gasteiger partial charge is 0.383 e. The van der Waals surface area contributed by atoms with Gasteiger partial charge in [0.25, 0.3) is 5.56 Å². The van der Waals surface area contributed by atoms with Gasteiger partial charge in [-0.15, -0.1) is 0 Å². The predicted octanol–water partition coefficient (Wildman–Crippen LogP) is 3.23.